The fourth-order valence-corrected chi connectivity index (χ4v) is 1.29. The third kappa shape index (κ3) is 2.31. The maximum absolute atomic E-state index is 11.0. The van der Waals surface area contributed by atoms with Gasteiger partial charge in [-0.3, -0.25) is 4.79 Å². The van der Waals surface area contributed by atoms with E-state index >= 15 is 0 Å². The summed E-state index contributed by atoms with van der Waals surface area (Å²) in [5.74, 6) is 0.142. The molecular formula is C8H11N3O2. The Morgan fingerprint density at radius 1 is 1.85 bits per heavy atom. The van der Waals surface area contributed by atoms with Gasteiger partial charge in [-0.2, -0.15) is 0 Å². The summed E-state index contributed by atoms with van der Waals surface area (Å²) in [6.07, 6.45) is 1.67. The predicted molar refractivity (Wildman–Crippen MR) is 47.1 cm³/mol. The summed E-state index contributed by atoms with van der Waals surface area (Å²) in [5, 5.41) is 3.41. The van der Waals surface area contributed by atoms with Crippen LogP contribution in [0.15, 0.2) is 17.8 Å². The topological polar surface area (TPSA) is 75.1 Å². The van der Waals surface area contributed by atoms with E-state index in [4.69, 9.17) is 10.3 Å². The van der Waals surface area contributed by atoms with Gasteiger partial charge in [0, 0.05) is 23.8 Å². The molecule has 1 fully saturated rings. The van der Waals surface area contributed by atoms with Crippen LogP contribution in [0, 0.1) is 5.92 Å². The second-order valence-electron chi connectivity index (χ2n) is 2.89. The van der Waals surface area contributed by atoms with Gasteiger partial charge >= 0.3 is 0 Å². The highest BCUT2D eigenvalue weighted by Gasteiger charge is 2.39. The highest BCUT2D eigenvalue weighted by Crippen LogP contribution is 2.27. The lowest BCUT2D eigenvalue weighted by atomic mass is 9.80. The Bertz CT molecular complexity index is 258. The van der Waals surface area contributed by atoms with Gasteiger partial charge in [-0.25, -0.2) is 0 Å². The zero-order chi connectivity index (χ0) is 9.68. The Hall–Kier alpha value is -1.32. The molecule has 1 aliphatic carbocycles. The fourth-order valence-electron chi connectivity index (χ4n) is 1.29. The lowest BCUT2D eigenvalue weighted by molar-refractivity contribution is -0.146. The molecule has 1 saturated carbocycles. The molecule has 2 unspecified atom stereocenters. The molecule has 0 bridgehead atoms. The van der Waals surface area contributed by atoms with Crippen molar-refractivity contribution in [2.75, 3.05) is 13.2 Å². The Morgan fingerprint density at radius 2 is 2.62 bits per heavy atom. The molecule has 2 atom stereocenters. The van der Waals surface area contributed by atoms with Gasteiger partial charge in [0.1, 0.15) is 6.10 Å². The van der Waals surface area contributed by atoms with E-state index in [1.807, 2.05) is 0 Å². The van der Waals surface area contributed by atoms with E-state index in [0.29, 0.717) is 19.6 Å². The second kappa shape index (κ2) is 4.64. The Labute approximate surface area is 76.0 Å². The van der Waals surface area contributed by atoms with Crippen LogP contribution < -0.4 is 0 Å². The molecule has 0 aliphatic heterocycles. The average molecular weight is 181 g/mol. The molecule has 0 aromatic rings. The number of nitrogens with zero attached hydrogens (tertiary/aromatic N) is 3. The summed E-state index contributed by atoms with van der Waals surface area (Å²) in [7, 11) is 0. The lowest BCUT2D eigenvalue weighted by Crippen LogP contribution is -2.46. The van der Waals surface area contributed by atoms with Crippen molar-refractivity contribution in [1.82, 2.24) is 0 Å². The number of azide groups is 1. The van der Waals surface area contributed by atoms with Crippen LogP contribution in [-0.2, 0) is 9.53 Å². The lowest BCUT2D eigenvalue weighted by Gasteiger charge is -2.33. The molecule has 5 nitrogen and oxygen atoms in total. The van der Waals surface area contributed by atoms with E-state index < -0.39 is 0 Å². The Kier molecular flexibility index (Phi) is 3.49. The standard InChI is InChI=1S/C8H11N3O2/c1-2-3-13-8-6(4-7(8)12)5-10-11-9/h2,6,8H,1,3-5H2. The van der Waals surface area contributed by atoms with Crippen molar-refractivity contribution in [3.63, 3.8) is 0 Å². The summed E-state index contributed by atoms with van der Waals surface area (Å²) in [6.45, 7) is 4.19. The number of hydrogen-bond acceptors (Lipinski definition) is 3. The highest BCUT2D eigenvalue weighted by atomic mass is 16.5. The quantitative estimate of drug-likeness (QED) is 0.278. The minimum absolute atomic E-state index is 0.0587. The van der Waals surface area contributed by atoms with Crippen molar-refractivity contribution in [2.24, 2.45) is 11.0 Å². The van der Waals surface area contributed by atoms with Crippen LogP contribution in [0.2, 0.25) is 0 Å². The highest BCUT2D eigenvalue weighted by molar-refractivity contribution is 5.89. The van der Waals surface area contributed by atoms with Crippen LogP contribution in [0.4, 0.5) is 0 Å². The van der Waals surface area contributed by atoms with E-state index in [1.165, 1.54) is 0 Å². The number of ketones is 1. The van der Waals surface area contributed by atoms with Crippen molar-refractivity contribution < 1.29 is 9.53 Å². The minimum atomic E-state index is -0.386. The molecule has 70 valence electrons. The van der Waals surface area contributed by atoms with Crippen LogP contribution in [0.3, 0.4) is 0 Å². The van der Waals surface area contributed by atoms with Gasteiger partial charge in [0.05, 0.1) is 6.61 Å². The van der Waals surface area contributed by atoms with Gasteiger partial charge in [0.15, 0.2) is 5.78 Å². The van der Waals surface area contributed by atoms with Crippen LogP contribution in [0.25, 0.3) is 10.4 Å². The van der Waals surface area contributed by atoms with Crippen molar-refractivity contribution in [1.29, 1.82) is 0 Å². The number of carbonyl (C=O) groups is 1. The molecule has 13 heavy (non-hydrogen) atoms. The van der Waals surface area contributed by atoms with Gasteiger partial charge in [0.25, 0.3) is 0 Å². The number of rotatable bonds is 5. The van der Waals surface area contributed by atoms with E-state index in [0.717, 1.165) is 0 Å². The van der Waals surface area contributed by atoms with E-state index in [-0.39, 0.29) is 17.8 Å². The van der Waals surface area contributed by atoms with Crippen LogP contribution in [-0.4, -0.2) is 25.0 Å². The summed E-state index contributed by atoms with van der Waals surface area (Å²) in [5.41, 5.74) is 8.08. The van der Waals surface area contributed by atoms with Crippen molar-refractivity contribution in [3.05, 3.63) is 23.1 Å². The molecule has 0 N–H and O–H groups in total. The Balaban J connectivity index is 2.36. The smallest absolute Gasteiger partial charge is 0.162 e. The number of Topliss-reactive ketones (excluding diaryl/α,β-unsaturated/α-hetero) is 1. The van der Waals surface area contributed by atoms with E-state index in [2.05, 4.69) is 16.6 Å². The normalized spacial score (nSPS) is 26.0. The summed E-state index contributed by atoms with van der Waals surface area (Å²) in [6, 6.07) is 0. The Morgan fingerprint density at radius 3 is 3.15 bits per heavy atom. The molecule has 0 saturated heterocycles. The number of carbonyl (C=O) groups excluding carboxylic acids is 1. The van der Waals surface area contributed by atoms with E-state index in [9.17, 15) is 4.79 Å². The zero-order valence-electron chi connectivity index (χ0n) is 7.22. The first kappa shape index (κ1) is 9.77. The number of ether oxygens (including phenoxy) is 1. The van der Waals surface area contributed by atoms with Crippen LogP contribution in [0.1, 0.15) is 6.42 Å². The van der Waals surface area contributed by atoms with Crippen molar-refractivity contribution in [2.45, 2.75) is 12.5 Å². The maximum Gasteiger partial charge on any atom is 0.162 e. The molecule has 0 aromatic carbocycles. The first-order valence-corrected chi connectivity index (χ1v) is 4.05. The van der Waals surface area contributed by atoms with Crippen LogP contribution >= 0.6 is 0 Å². The van der Waals surface area contributed by atoms with Gasteiger partial charge in [-0.1, -0.05) is 11.2 Å². The number of hydrogen-bond donors (Lipinski definition) is 0. The van der Waals surface area contributed by atoms with Gasteiger partial charge in [-0.15, -0.1) is 6.58 Å². The molecule has 1 aliphatic rings. The molecule has 5 heteroatoms. The summed E-state index contributed by atoms with van der Waals surface area (Å²) >= 11 is 0. The molecule has 0 aromatic heterocycles. The summed E-state index contributed by atoms with van der Waals surface area (Å²) < 4.78 is 5.20. The fraction of sp³-hybridized carbons (Fsp3) is 0.625. The van der Waals surface area contributed by atoms with E-state index in [1.54, 1.807) is 6.08 Å². The predicted octanol–water partition coefficient (Wildman–Crippen LogP) is 1.46. The third-order valence-corrected chi connectivity index (χ3v) is 1.98. The first-order chi connectivity index (χ1) is 6.29. The van der Waals surface area contributed by atoms with Gasteiger partial charge in [-0.05, 0) is 5.53 Å². The second-order valence-corrected chi connectivity index (χ2v) is 2.89. The van der Waals surface area contributed by atoms with Gasteiger partial charge in [0.2, 0.25) is 0 Å². The molecular weight excluding hydrogens is 170 g/mol. The van der Waals surface area contributed by atoms with Crippen molar-refractivity contribution >= 4 is 5.78 Å². The zero-order valence-corrected chi connectivity index (χ0v) is 7.22. The summed E-state index contributed by atoms with van der Waals surface area (Å²) in [4.78, 5) is 13.7. The van der Waals surface area contributed by atoms with Gasteiger partial charge < -0.3 is 4.74 Å². The van der Waals surface area contributed by atoms with Crippen LogP contribution in [0.5, 0.6) is 0 Å². The SMILES string of the molecule is C=CCOC1C(=O)CC1CN=[N+]=[N-]. The molecule has 0 spiro atoms. The maximum atomic E-state index is 11.0. The largest absolute Gasteiger partial charge is 0.366 e. The molecule has 0 amide bonds. The molecule has 0 heterocycles. The monoisotopic (exact) mass is 181 g/mol. The molecule has 0 radical (unpaired) electrons. The van der Waals surface area contributed by atoms with Crippen molar-refractivity contribution in [3.8, 4) is 0 Å². The average Bonchev–Trinajstić information content (AvgIpc) is 2.12. The first-order valence-electron chi connectivity index (χ1n) is 4.05. The minimum Gasteiger partial charge on any atom is -0.366 e. The third-order valence-electron chi connectivity index (χ3n) is 1.98. The molecule has 1 rings (SSSR count).